The summed E-state index contributed by atoms with van der Waals surface area (Å²) in [5, 5.41) is 0. The third-order valence-corrected chi connectivity index (χ3v) is 3.51. The highest BCUT2D eigenvalue weighted by atomic mass is 16.7. The summed E-state index contributed by atoms with van der Waals surface area (Å²) in [6.45, 7) is 3.46. The van der Waals surface area contributed by atoms with Crippen LogP contribution in [0.2, 0.25) is 0 Å². The van der Waals surface area contributed by atoms with E-state index in [-0.39, 0.29) is 5.60 Å². The number of hydrogen-bond acceptors (Lipinski definition) is 4. The lowest BCUT2D eigenvalue weighted by Crippen LogP contribution is -2.58. The van der Waals surface area contributed by atoms with Gasteiger partial charge >= 0.3 is 0 Å². The van der Waals surface area contributed by atoms with Crippen LogP contribution in [-0.4, -0.2) is 30.1 Å². The standard InChI is InChI=1S/C9H15N3O/c10-8-5-9(13-11-8)6-12-3-1-7(9)2-4-12/h5,7,11H,1-4,6,10H2. The molecule has 0 saturated carbocycles. The van der Waals surface area contributed by atoms with Gasteiger partial charge in [0, 0.05) is 6.54 Å². The van der Waals surface area contributed by atoms with E-state index in [4.69, 9.17) is 10.6 Å². The lowest BCUT2D eigenvalue weighted by molar-refractivity contribution is -0.138. The van der Waals surface area contributed by atoms with Crippen LogP contribution >= 0.6 is 0 Å². The number of nitrogens with two attached hydrogens (primary N) is 1. The first kappa shape index (κ1) is 7.64. The summed E-state index contributed by atoms with van der Waals surface area (Å²) >= 11 is 0. The summed E-state index contributed by atoms with van der Waals surface area (Å²) in [6, 6.07) is 0. The molecular formula is C9H15N3O. The van der Waals surface area contributed by atoms with Gasteiger partial charge in [-0.3, -0.25) is 15.2 Å². The van der Waals surface area contributed by atoms with Gasteiger partial charge in [-0.15, -0.1) is 0 Å². The molecule has 4 aliphatic heterocycles. The van der Waals surface area contributed by atoms with Crippen molar-refractivity contribution in [1.82, 2.24) is 10.4 Å². The van der Waals surface area contributed by atoms with Crippen molar-refractivity contribution in [2.24, 2.45) is 11.7 Å². The van der Waals surface area contributed by atoms with Crippen molar-refractivity contribution >= 4 is 0 Å². The Kier molecular flexibility index (Phi) is 1.41. The normalized spacial score (nSPS) is 47.8. The number of piperidine rings is 3. The maximum Gasteiger partial charge on any atom is 0.133 e. The minimum absolute atomic E-state index is 0.111. The topological polar surface area (TPSA) is 50.5 Å². The molecule has 3 N–H and O–H groups in total. The molecule has 0 radical (unpaired) electrons. The Morgan fingerprint density at radius 2 is 2.31 bits per heavy atom. The lowest BCUT2D eigenvalue weighted by Gasteiger charge is -2.49. The second kappa shape index (κ2) is 2.39. The summed E-state index contributed by atoms with van der Waals surface area (Å²) in [6.07, 6.45) is 4.54. The Hall–Kier alpha value is -0.740. The number of hydrogen-bond donors (Lipinski definition) is 2. The Labute approximate surface area is 77.7 Å². The van der Waals surface area contributed by atoms with Crippen LogP contribution < -0.4 is 11.2 Å². The molecule has 3 saturated heterocycles. The van der Waals surface area contributed by atoms with Gasteiger partial charge < -0.3 is 5.73 Å². The van der Waals surface area contributed by atoms with E-state index < -0.39 is 0 Å². The van der Waals surface area contributed by atoms with E-state index in [2.05, 4.69) is 16.5 Å². The molecule has 2 bridgehead atoms. The lowest BCUT2D eigenvalue weighted by atomic mass is 9.75. The van der Waals surface area contributed by atoms with Crippen molar-refractivity contribution in [1.29, 1.82) is 0 Å². The molecule has 0 aromatic heterocycles. The van der Waals surface area contributed by atoms with E-state index in [1.54, 1.807) is 0 Å². The molecule has 4 rings (SSSR count). The van der Waals surface area contributed by atoms with Gasteiger partial charge in [-0.2, -0.15) is 0 Å². The van der Waals surface area contributed by atoms with Crippen molar-refractivity contribution in [2.45, 2.75) is 18.4 Å². The molecule has 1 atom stereocenters. The van der Waals surface area contributed by atoms with Crippen molar-refractivity contribution in [3.63, 3.8) is 0 Å². The molecule has 0 amide bonds. The Morgan fingerprint density at radius 3 is 2.77 bits per heavy atom. The minimum atomic E-state index is -0.111. The molecule has 4 nitrogen and oxygen atoms in total. The molecular weight excluding hydrogens is 166 g/mol. The molecule has 0 aliphatic carbocycles. The zero-order chi connectivity index (χ0) is 8.89. The highest BCUT2D eigenvalue weighted by Crippen LogP contribution is 2.40. The van der Waals surface area contributed by atoms with Crippen LogP contribution in [0.5, 0.6) is 0 Å². The van der Waals surface area contributed by atoms with Crippen molar-refractivity contribution in [3.05, 3.63) is 11.9 Å². The first-order valence-electron chi connectivity index (χ1n) is 4.93. The highest BCUT2D eigenvalue weighted by molar-refractivity contribution is 5.18. The molecule has 4 heterocycles. The van der Waals surface area contributed by atoms with Crippen LogP contribution in [0.3, 0.4) is 0 Å². The van der Waals surface area contributed by atoms with E-state index in [9.17, 15) is 0 Å². The van der Waals surface area contributed by atoms with Crippen LogP contribution in [0.4, 0.5) is 0 Å². The Balaban J connectivity index is 1.92. The van der Waals surface area contributed by atoms with Gasteiger partial charge in [0.2, 0.25) is 0 Å². The third kappa shape index (κ3) is 0.988. The summed E-state index contributed by atoms with van der Waals surface area (Å²) in [4.78, 5) is 8.07. The minimum Gasteiger partial charge on any atom is -0.384 e. The quantitative estimate of drug-likeness (QED) is 0.543. The summed E-state index contributed by atoms with van der Waals surface area (Å²) in [7, 11) is 0. The monoisotopic (exact) mass is 181 g/mol. The first-order valence-corrected chi connectivity index (χ1v) is 4.93. The van der Waals surface area contributed by atoms with Gasteiger partial charge in [-0.1, -0.05) is 0 Å². The van der Waals surface area contributed by atoms with Crippen molar-refractivity contribution in [2.75, 3.05) is 19.6 Å². The zero-order valence-electron chi connectivity index (χ0n) is 7.62. The van der Waals surface area contributed by atoms with E-state index >= 15 is 0 Å². The van der Waals surface area contributed by atoms with Crippen molar-refractivity contribution < 1.29 is 4.84 Å². The van der Waals surface area contributed by atoms with Gasteiger partial charge in [0.1, 0.15) is 11.4 Å². The predicted octanol–water partition coefficient (Wildman–Crippen LogP) is -0.214. The fourth-order valence-electron chi connectivity index (χ4n) is 2.81. The molecule has 72 valence electrons. The molecule has 3 fully saturated rings. The average molecular weight is 181 g/mol. The molecule has 4 heteroatoms. The first-order chi connectivity index (χ1) is 6.28. The predicted molar refractivity (Wildman–Crippen MR) is 48.4 cm³/mol. The van der Waals surface area contributed by atoms with E-state index in [0.717, 1.165) is 6.54 Å². The molecule has 13 heavy (non-hydrogen) atoms. The fraction of sp³-hybridized carbons (Fsp3) is 0.778. The molecule has 1 unspecified atom stereocenters. The third-order valence-electron chi connectivity index (χ3n) is 3.51. The van der Waals surface area contributed by atoms with Gasteiger partial charge in [0.05, 0.1) is 0 Å². The van der Waals surface area contributed by atoms with Crippen LogP contribution in [0.1, 0.15) is 12.8 Å². The summed E-state index contributed by atoms with van der Waals surface area (Å²) < 4.78 is 0. The van der Waals surface area contributed by atoms with E-state index in [0.29, 0.717) is 11.7 Å². The Morgan fingerprint density at radius 1 is 1.54 bits per heavy atom. The Bertz CT molecular complexity index is 258. The van der Waals surface area contributed by atoms with Gasteiger partial charge in [-0.05, 0) is 37.9 Å². The largest absolute Gasteiger partial charge is 0.384 e. The summed E-state index contributed by atoms with van der Waals surface area (Å²) in [5.41, 5.74) is 8.35. The number of fused-ring (bicyclic) bond motifs is 2. The smallest absolute Gasteiger partial charge is 0.133 e. The SMILES string of the molecule is NC1=CC2(CN3CCC2CC3)ON1. The van der Waals surface area contributed by atoms with E-state index in [1.807, 2.05) is 0 Å². The summed E-state index contributed by atoms with van der Waals surface area (Å²) in [5.74, 6) is 1.33. The number of nitrogens with zero attached hydrogens (tertiary/aromatic N) is 1. The highest BCUT2D eigenvalue weighted by Gasteiger charge is 2.49. The maximum absolute atomic E-state index is 5.68. The molecule has 1 spiro atoms. The maximum atomic E-state index is 5.68. The van der Waals surface area contributed by atoms with Gasteiger partial charge in [0.25, 0.3) is 0 Å². The van der Waals surface area contributed by atoms with Crippen molar-refractivity contribution in [3.8, 4) is 0 Å². The zero-order valence-corrected chi connectivity index (χ0v) is 7.62. The van der Waals surface area contributed by atoms with Gasteiger partial charge in [0.15, 0.2) is 0 Å². The van der Waals surface area contributed by atoms with Crippen LogP contribution in [0.25, 0.3) is 0 Å². The fourth-order valence-corrected chi connectivity index (χ4v) is 2.81. The molecule has 0 aromatic carbocycles. The average Bonchev–Trinajstić information content (AvgIpc) is 2.49. The van der Waals surface area contributed by atoms with Crippen LogP contribution in [0, 0.1) is 5.92 Å². The van der Waals surface area contributed by atoms with Crippen LogP contribution in [0.15, 0.2) is 11.9 Å². The molecule has 4 aliphatic rings. The number of hydroxylamine groups is 1. The second-order valence-electron chi connectivity index (χ2n) is 4.31. The van der Waals surface area contributed by atoms with E-state index in [1.165, 1.54) is 25.9 Å². The van der Waals surface area contributed by atoms with Gasteiger partial charge in [-0.25, -0.2) is 0 Å². The number of rotatable bonds is 0. The second-order valence-corrected chi connectivity index (χ2v) is 4.31. The molecule has 0 aromatic rings. The van der Waals surface area contributed by atoms with Crippen LogP contribution in [-0.2, 0) is 4.84 Å². The number of nitrogens with one attached hydrogen (secondary N) is 1.